The van der Waals surface area contributed by atoms with Gasteiger partial charge in [-0.15, -0.1) is 0 Å². The molecule has 0 aromatic heterocycles. The maximum absolute atomic E-state index is 10.9. The van der Waals surface area contributed by atoms with Crippen molar-refractivity contribution in [2.24, 2.45) is 0 Å². The van der Waals surface area contributed by atoms with Crippen LogP contribution in [-0.2, 0) is 0 Å². The van der Waals surface area contributed by atoms with Crippen molar-refractivity contribution >= 4 is 38.5 Å². The van der Waals surface area contributed by atoms with Gasteiger partial charge >= 0.3 is 0 Å². The number of hydrogen-bond donors (Lipinski definition) is 0. The van der Waals surface area contributed by atoms with Gasteiger partial charge in [0.05, 0.1) is 4.92 Å². The van der Waals surface area contributed by atoms with E-state index in [2.05, 4.69) is 15.9 Å². The zero-order valence-electron chi connectivity index (χ0n) is 7.08. The van der Waals surface area contributed by atoms with E-state index in [0.717, 1.165) is 0 Å². The van der Waals surface area contributed by atoms with Crippen molar-refractivity contribution in [2.75, 3.05) is 0 Å². The summed E-state index contributed by atoms with van der Waals surface area (Å²) < 4.78 is 0.329. The predicted octanol–water partition coefficient (Wildman–Crippen LogP) is 3.04. The summed E-state index contributed by atoms with van der Waals surface area (Å²) in [5.41, 5.74) is 0.593. The van der Waals surface area contributed by atoms with E-state index in [1.165, 1.54) is 12.1 Å². The van der Waals surface area contributed by atoms with Crippen molar-refractivity contribution in [1.29, 1.82) is 0 Å². The SMILES string of the molecule is Cc1cc(C(=O)Cl)c(Br)cc1[N+](=O)[O-]. The molecule has 1 aromatic carbocycles. The van der Waals surface area contributed by atoms with E-state index >= 15 is 0 Å². The summed E-state index contributed by atoms with van der Waals surface area (Å²) in [6.07, 6.45) is 0. The molecule has 0 fully saturated rings. The molecule has 0 heterocycles. The first-order valence-electron chi connectivity index (χ1n) is 3.58. The van der Waals surface area contributed by atoms with Gasteiger partial charge in [-0.05, 0) is 40.5 Å². The maximum Gasteiger partial charge on any atom is 0.273 e. The van der Waals surface area contributed by atoms with Gasteiger partial charge in [-0.2, -0.15) is 0 Å². The van der Waals surface area contributed by atoms with Crippen LogP contribution in [0.15, 0.2) is 16.6 Å². The quantitative estimate of drug-likeness (QED) is 0.474. The van der Waals surface area contributed by atoms with E-state index in [1.54, 1.807) is 6.92 Å². The van der Waals surface area contributed by atoms with E-state index in [4.69, 9.17) is 11.6 Å². The Kier molecular flexibility index (Phi) is 3.23. The van der Waals surface area contributed by atoms with Gasteiger partial charge in [0.15, 0.2) is 0 Å². The summed E-state index contributed by atoms with van der Waals surface area (Å²) in [5.74, 6) is 0. The summed E-state index contributed by atoms with van der Waals surface area (Å²) in [7, 11) is 0. The standard InChI is InChI=1S/C8H5BrClNO3/c1-4-2-5(8(10)12)6(9)3-7(4)11(13)14/h2-3H,1H3. The summed E-state index contributed by atoms with van der Waals surface area (Å²) in [6.45, 7) is 1.55. The topological polar surface area (TPSA) is 60.2 Å². The average molecular weight is 278 g/mol. The molecule has 6 heteroatoms. The molecule has 0 aliphatic rings. The first-order valence-corrected chi connectivity index (χ1v) is 4.75. The van der Waals surface area contributed by atoms with E-state index in [9.17, 15) is 14.9 Å². The Balaban J connectivity index is 3.38. The van der Waals surface area contributed by atoms with Crippen LogP contribution >= 0.6 is 27.5 Å². The Labute approximate surface area is 93.1 Å². The Hall–Kier alpha value is -0.940. The van der Waals surface area contributed by atoms with Crippen LogP contribution in [0.4, 0.5) is 5.69 Å². The average Bonchev–Trinajstić information content (AvgIpc) is 2.07. The molecule has 0 bridgehead atoms. The number of carbonyl (C=O) groups is 1. The van der Waals surface area contributed by atoms with Crippen molar-refractivity contribution in [1.82, 2.24) is 0 Å². The normalized spacial score (nSPS) is 9.93. The number of nitrogens with zero attached hydrogens (tertiary/aromatic N) is 1. The number of halogens is 2. The van der Waals surface area contributed by atoms with Crippen LogP contribution in [0.1, 0.15) is 15.9 Å². The summed E-state index contributed by atoms with van der Waals surface area (Å²) >= 11 is 8.31. The molecule has 0 aliphatic carbocycles. The molecular formula is C8H5BrClNO3. The van der Waals surface area contributed by atoms with Gasteiger partial charge in [-0.3, -0.25) is 14.9 Å². The highest BCUT2D eigenvalue weighted by Gasteiger charge is 2.16. The van der Waals surface area contributed by atoms with Crippen molar-refractivity contribution in [3.63, 3.8) is 0 Å². The fraction of sp³-hybridized carbons (Fsp3) is 0.125. The van der Waals surface area contributed by atoms with Crippen LogP contribution in [0, 0.1) is 17.0 Å². The number of carbonyl (C=O) groups excluding carboxylic acids is 1. The van der Waals surface area contributed by atoms with Crippen molar-refractivity contribution in [2.45, 2.75) is 6.92 Å². The highest BCUT2D eigenvalue weighted by Crippen LogP contribution is 2.27. The molecule has 0 amide bonds. The smallest absolute Gasteiger partial charge is 0.273 e. The number of hydrogen-bond acceptors (Lipinski definition) is 3. The molecule has 0 radical (unpaired) electrons. The minimum atomic E-state index is -0.644. The molecule has 0 aliphatic heterocycles. The predicted molar refractivity (Wildman–Crippen MR) is 55.7 cm³/mol. The molecular weight excluding hydrogens is 273 g/mol. The molecule has 1 rings (SSSR count). The van der Waals surface area contributed by atoms with E-state index in [-0.39, 0.29) is 11.3 Å². The van der Waals surface area contributed by atoms with Gasteiger partial charge in [-0.1, -0.05) is 0 Å². The molecule has 0 unspecified atom stereocenters. The number of aryl methyl sites for hydroxylation is 1. The second-order valence-corrected chi connectivity index (χ2v) is 3.85. The molecule has 0 spiro atoms. The highest BCUT2D eigenvalue weighted by molar-refractivity contribution is 9.10. The van der Waals surface area contributed by atoms with E-state index in [1.807, 2.05) is 0 Å². The third kappa shape index (κ3) is 2.10. The third-order valence-corrected chi connectivity index (χ3v) is 2.55. The molecule has 0 saturated heterocycles. The third-order valence-electron chi connectivity index (χ3n) is 1.69. The van der Waals surface area contributed by atoms with Crippen molar-refractivity contribution in [3.8, 4) is 0 Å². The Morgan fingerprint density at radius 3 is 2.57 bits per heavy atom. The van der Waals surface area contributed by atoms with Crippen LogP contribution < -0.4 is 0 Å². The number of rotatable bonds is 2. The second kappa shape index (κ2) is 4.06. The molecule has 0 saturated carbocycles. The van der Waals surface area contributed by atoms with Gasteiger partial charge in [0.1, 0.15) is 0 Å². The molecule has 4 nitrogen and oxygen atoms in total. The molecule has 74 valence electrons. The van der Waals surface area contributed by atoms with Crippen LogP contribution in [-0.4, -0.2) is 10.2 Å². The maximum atomic E-state index is 10.9. The number of benzene rings is 1. The summed E-state index contributed by atoms with van der Waals surface area (Å²) in [6, 6.07) is 2.66. The molecule has 0 atom stereocenters. The zero-order valence-corrected chi connectivity index (χ0v) is 9.42. The minimum absolute atomic E-state index is 0.0430. The Morgan fingerprint density at radius 1 is 1.57 bits per heavy atom. The lowest BCUT2D eigenvalue weighted by molar-refractivity contribution is -0.385. The van der Waals surface area contributed by atoms with Gasteiger partial charge in [0.25, 0.3) is 10.9 Å². The van der Waals surface area contributed by atoms with Crippen molar-refractivity contribution in [3.05, 3.63) is 37.8 Å². The van der Waals surface area contributed by atoms with Gasteiger partial charge in [0, 0.05) is 21.7 Å². The fourth-order valence-electron chi connectivity index (χ4n) is 1.02. The lowest BCUT2D eigenvalue weighted by Crippen LogP contribution is -1.97. The first kappa shape index (κ1) is 11.1. The zero-order chi connectivity index (χ0) is 10.9. The Bertz CT molecular complexity index is 380. The second-order valence-electron chi connectivity index (χ2n) is 2.65. The van der Waals surface area contributed by atoms with Crippen LogP contribution in [0.5, 0.6) is 0 Å². The summed E-state index contributed by atoms with van der Waals surface area (Å²) in [5, 5.41) is 9.88. The Morgan fingerprint density at radius 2 is 2.14 bits per heavy atom. The minimum Gasteiger partial charge on any atom is -0.276 e. The van der Waals surface area contributed by atoms with Gasteiger partial charge in [-0.25, -0.2) is 0 Å². The lowest BCUT2D eigenvalue weighted by Gasteiger charge is -2.01. The largest absolute Gasteiger partial charge is 0.276 e. The molecule has 1 aromatic rings. The van der Waals surface area contributed by atoms with Crippen LogP contribution in [0.25, 0.3) is 0 Å². The van der Waals surface area contributed by atoms with E-state index < -0.39 is 10.2 Å². The van der Waals surface area contributed by atoms with Crippen molar-refractivity contribution < 1.29 is 9.72 Å². The van der Waals surface area contributed by atoms with E-state index in [0.29, 0.717) is 10.0 Å². The van der Waals surface area contributed by atoms with Crippen LogP contribution in [0.2, 0.25) is 0 Å². The molecule has 0 N–H and O–H groups in total. The monoisotopic (exact) mass is 277 g/mol. The van der Waals surface area contributed by atoms with Gasteiger partial charge in [0.2, 0.25) is 0 Å². The number of nitro benzene ring substituents is 1. The molecule has 14 heavy (non-hydrogen) atoms. The van der Waals surface area contributed by atoms with Gasteiger partial charge < -0.3 is 0 Å². The number of nitro groups is 1. The highest BCUT2D eigenvalue weighted by atomic mass is 79.9. The first-order chi connectivity index (χ1) is 6.43. The fourth-order valence-corrected chi connectivity index (χ4v) is 1.80. The lowest BCUT2D eigenvalue weighted by atomic mass is 10.1. The summed E-state index contributed by atoms with van der Waals surface area (Å²) in [4.78, 5) is 20.9. The van der Waals surface area contributed by atoms with Crippen LogP contribution in [0.3, 0.4) is 0 Å².